The fourth-order valence-electron chi connectivity index (χ4n) is 2.42. The molecule has 0 radical (unpaired) electrons. The maximum Gasteiger partial charge on any atom is 0.407 e. The van der Waals surface area contributed by atoms with Crippen molar-refractivity contribution in [2.45, 2.75) is 26.1 Å². The van der Waals surface area contributed by atoms with Crippen LogP contribution in [0.25, 0.3) is 11.0 Å². The number of aromatic amines is 1. The molecule has 0 saturated carbocycles. The van der Waals surface area contributed by atoms with Crippen molar-refractivity contribution in [2.24, 2.45) is 11.8 Å². The van der Waals surface area contributed by atoms with E-state index in [2.05, 4.69) is 31.2 Å². The maximum absolute atomic E-state index is 13.5. The van der Waals surface area contributed by atoms with Gasteiger partial charge in [0.25, 0.3) is 0 Å². The summed E-state index contributed by atoms with van der Waals surface area (Å²) in [6.45, 7) is 3.67. The molecule has 0 saturated heterocycles. The molecular weight excluding hydrogens is 375 g/mol. The molecule has 0 fully saturated rings. The minimum Gasteiger partial charge on any atom is -0.396 e. The van der Waals surface area contributed by atoms with Crippen molar-refractivity contribution in [1.29, 1.82) is 0 Å². The first-order chi connectivity index (χ1) is 10.7. The zero-order valence-electron chi connectivity index (χ0n) is 12.8. The number of nitrogens with zero attached hydrogens (tertiary/aromatic N) is 1. The van der Waals surface area contributed by atoms with E-state index in [9.17, 15) is 18.3 Å². The van der Waals surface area contributed by atoms with E-state index in [1.807, 2.05) is 13.8 Å². The Morgan fingerprint density at radius 1 is 1.39 bits per heavy atom. The van der Waals surface area contributed by atoms with Crippen LogP contribution in [0.15, 0.2) is 22.9 Å². The molecule has 2 aromatic rings. The Labute approximate surface area is 140 Å². The molecule has 0 amide bonds. The third-order valence-electron chi connectivity index (χ3n) is 3.93. The molecule has 23 heavy (non-hydrogen) atoms. The van der Waals surface area contributed by atoms with Gasteiger partial charge in [0.05, 0.1) is 0 Å². The van der Waals surface area contributed by atoms with Crippen LogP contribution in [0.3, 0.4) is 0 Å². The summed E-state index contributed by atoms with van der Waals surface area (Å²) < 4.78 is 41.1. The van der Waals surface area contributed by atoms with Crippen molar-refractivity contribution in [2.75, 3.05) is 13.2 Å². The lowest BCUT2D eigenvalue weighted by Crippen LogP contribution is -2.38. The lowest BCUT2D eigenvalue weighted by molar-refractivity contribution is -0.158. The molecule has 8 heteroatoms. The lowest BCUT2D eigenvalue weighted by Gasteiger charge is -2.25. The van der Waals surface area contributed by atoms with Crippen LogP contribution in [-0.4, -0.2) is 34.4 Å². The van der Waals surface area contributed by atoms with Gasteiger partial charge < -0.3 is 15.4 Å². The lowest BCUT2D eigenvalue weighted by atomic mass is 9.96. The van der Waals surface area contributed by atoms with Gasteiger partial charge in [0.15, 0.2) is 0 Å². The Morgan fingerprint density at radius 2 is 2.09 bits per heavy atom. The van der Waals surface area contributed by atoms with Gasteiger partial charge in [0.2, 0.25) is 0 Å². The second kappa shape index (κ2) is 7.19. The van der Waals surface area contributed by atoms with E-state index in [1.54, 1.807) is 6.07 Å². The van der Waals surface area contributed by atoms with Crippen molar-refractivity contribution < 1.29 is 18.3 Å². The molecule has 0 spiro atoms. The molecule has 0 aromatic carbocycles. The van der Waals surface area contributed by atoms with E-state index in [-0.39, 0.29) is 30.6 Å². The quantitative estimate of drug-likeness (QED) is 0.699. The highest BCUT2D eigenvalue weighted by Crippen LogP contribution is 2.36. The summed E-state index contributed by atoms with van der Waals surface area (Å²) in [5.41, 5.74) is 0.503. The first kappa shape index (κ1) is 18.2. The normalized spacial score (nSPS) is 15.3. The largest absolute Gasteiger partial charge is 0.407 e. The van der Waals surface area contributed by atoms with Crippen LogP contribution in [0.4, 0.5) is 13.2 Å². The van der Waals surface area contributed by atoms with E-state index in [0.29, 0.717) is 15.5 Å². The smallest absolute Gasteiger partial charge is 0.396 e. The molecule has 3 N–H and O–H groups in total. The van der Waals surface area contributed by atoms with Crippen LogP contribution in [0.1, 0.15) is 25.5 Å². The number of nitrogens with one attached hydrogen (secondary N) is 2. The number of hydrogen-bond donors (Lipinski definition) is 3. The SMILES string of the molecule is CC(C)C(CO)CNC(c1c[nH]c2ncc(Br)cc12)C(F)(F)F. The number of aromatic nitrogens is 2. The minimum absolute atomic E-state index is 0.0758. The molecule has 0 aliphatic rings. The minimum atomic E-state index is -4.45. The van der Waals surface area contributed by atoms with Crippen LogP contribution in [-0.2, 0) is 0 Å². The van der Waals surface area contributed by atoms with Gasteiger partial charge in [-0.2, -0.15) is 13.2 Å². The average molecular weight is 394 g/mol. The van der Waals surface area contributed by atoms with E-state index >= 15 is 0 Å². The molecule has 2 unspecified atom stereocenters. The van der Waals surface area contributed by atoms with Crippen molar-refractivity contribution in [3.05, 3.63) is 28.5 Å². The summed E-state index contributed by atoms with van der Waals surface area (Å²) in [6.07, 6.45) is -1.59. The van der Waals surface area contributed by atoms with Gasteiger partial charge >= 0.3 is 6.18 Å². The van der Waals surface area contributed by atoms with Gasteiger partial charge in [-0.1, -0.05) is 13.8 Å². The molecule has 2 rings (SSSR count). The predicted molar refractivity (Wildman–Crippen MR) is 86.0 cm³/mol. The highest BCUT2D eigenvalue weighted by molar-refractivity contribution is 9.10. The number of aliphatic hydroxyl groups is 1. The number of fused-ring (bicyclic) bond motifs is 1. The standard InChI is InChI=1S/C15H19BrF3N3O/c1-8(2)9(7-23)4-20-13(15(17,18)19)12-6-22-14-11(12)3-10(16)5-21-14/h3,5-6,8-9,13,20,23H,4,7H2,1-2H3,(H,21,22). The van der Waals surface area contributed by atoms with Crippen LogP contribution in [0.5, 0.6) is 0 Å². The zero-order valence-corrected chi connectivity index (χ0v) is 14.4. The van der Waals surface area contributed by atoms with Crippen molar-refractivity contribution >= 4 is 27.0 Å². The fraction of sp³-hybridized carbons (Fsp3) is 0.533. The number of halogens is 4. The van der Waals surface area contributed by atoms with Gasteiger partial charge in [-0.15, -0.1) is 0 Å². The molecule has 0 aliphatic carbocycles. The molecule has 0 aliphatic heterocycles. The van der Waals surface area contributed by atoms with Crippen LogP contribution < -0.4 is 5.32 Å². The van der Waals surface area contributed by atoms with Crippen LogP contribution in [0.2, 0.25) is 0 Å². The Balaban J connectivity index is 2.33. The fourth-order valence-corrected chi connectivity index (χ4v) is 2.75. The highest BCUT2D eigenvalue weighted by atomic mass is 79.9. The molecule has 2 heterocycles. The van der Waals surface area contributed by atoms with E-state index in [4.69, 9.17) is 0 Å². The second-order valence-corrected chi connectivity index (χ2v) is 6.78. The molecule has 4 nitrogen and oxygen atoms in total. The number of alkyl halides is 3. The van der Waals surface area contributed by atoms with E-state index < -0.39 is 12.2 Å². The Morgan fingerprint density at radius 3 is 2.65 bits per heavy atom. The number of H-pyrrole nitrogens is 1. The van der Waals surface area contributed by atoms with Crippen molar-refractivity contribution in [3.8, 4) is 0 Å². The van der Waals surface area contributed by atoms with Gasteiger partial charge in [-0.25, -0.2) is 4.98 Å². The number of pyridine rings is 1. The topological polar surface area (TPSA) is 60.9 Å². The number of rotatable bonds is 6. The van der Waals surface area contributed by atoms with Gasteiger partial charge in [-0.05, 0) is 33.8 Å². The third kappa shape index (κ3) is 4.24. The summed E-state index contributed by atoms with van der Waals surface area (Å²) in [6, 6.07) is -0.208. The Hall–Kier alpha value is -1.12. The summed E-state index contributed by atoms with van der Waals surface area (Å²) in [5.74, 6) is -0.157. The summed E-state index contributed by atoms with van der Waals surface area (Å²) in [4.78, 5) is 6.84. The number of aliphatic hydroxyl groups excluding tert-OH is 1. The summed E-state index contributed by atoms with van der Waals surface area (Å²) in [5, 5.41) is 12.3. The Kier molecular flexibility index (Phi) is 5.70. The zero-order chi connectivity index (χ0) is 17.2. The van der Waals surface area contributed by atoms with E-state index in [0.717, 1.165) is 0 Å². The summed E-state index contributed by atoms with van der Waals surface area (Å²) >= 11 is 3.23. The van der Waals surface area contributed by atoms with Gasteiger partial charge in [0, 0.05) is 41.0 Å². The second-order valence-electron chi connectivity index (χ2n) is 5.86. The van der Waals surface area contributed by atoms with Crippen molar-refractivity contribution in [3.63, 3.8) is 0 Å². The average Bonchev–Trinajstić information content (AvgIpc) is 2.84. The number of hydrogen-bond acceptors (Lipinski definition) is 3. The summed E-state index contributed by atoms with van der Waals surface area (Å²) in [7, 11) is 0. The van der Waals surface area contributed by atoms with Crippen molar-refractivity contribution in [1.82, 2.24) is 15.3 Å². The van der Waals surface area contributed by atoms with Gasteiger partial charge in [-0.3, -0.25) is 0 Å². The predicted octanol–water partition coefficient (Wildman–Crippen LogP) is 3.78. The third-order valence-corrected chi connectivity index (χ3v) is 4.36. The molecular formula is C15H19BrF3N3O. The molecule has 2 atom stereocenters. The van der Waals surface area contributed by atoms with Crippen LogP contribution >= 0.6 is 15.9 Å². The first-order valence-corrected chi connectivity index (χ1v) is 8.06. The maximum atomic E-state index is 13.5. The Bertz CT molecular complexity index is 657. The molecule has 128 valence electrons. The van der Waals surface area contributed by atoms with Crippen LogP contribution in [0, 0.1) is 11.8 Å². The van der Waals surface area contributed by atoms with E-state index in [1.165, 1.54) is 12.4 Å². The first-order valence-electron chi connectivity index (χ1n) is 7.27. The molecule has 0 bridgehead atoms. The highest BCUT2D eigenvalue weighted by Gasteiger charge is 2.42. The molecule has 2 aromatic heterocycles. The van der Waals surface area contributed by atoms with Gasteiger partial charge in [0.1, 0.15) is 11.7 Å². The monoisotopic (exact) mass is 393 g/mol.